The lowest BCUT2D eigenvalue weighted by Crippen LogP contribution is -2.33. The van der Waals surface area contributed by atoms with Crippen LogP contribution in [0.3, 0.4) is 0 Å². The monoisotopic (exact) mass is 393 g/mol. The fraction of sp³-hybridized carbons (Fsp3) is 0.316. The number of esters is 1. The summed E-state index contributed by atoms with van der Waals surface area (Å²) in [5, 5.41) is -0.436. The van der Waals surface area contributed by atoms with Crippen LogP contribution in [-0.2, 0) is 19.4 Å². The lowest BCUT2D eigenvalue weighted by molar-refractivity contribution is -0.149. The van der Waals surface area contributed by atoms with Crippen molar-refractivity contribution in [3.8, 4) is 0 Å². The van der Waals surface area contributed by atoms with E-state index in [1.807, 2.05) is 0 Å². The molecule has 3 rings (SSSR count). The number of sulfone groups is 1. The van der Waals surface area contributed by atoms with Crippen LogP contribution >= 0.6 is 11.6 Å². The van der Waals surface area contributed by atoms with E-state index in [2.05, 4.69) is 0 Å². The summed E-state index contributed by atoms with van der Waals surface area (Å²) in [4.78, 5) is 12.9. The van der Waals surface area contributed by atoms with Gasteiger partial charge in [0.2, 0.25) is 0 Å². The largest absolute Gasteiger partial charge is 0.465 e. The first-order valence-electron chi connectivity index (χ1n) is 8.31. The number of halogens is 1. The van der Waals surface area contributed by atoms with Crippen LogP contribution in [0.25, 0.3) is 0 Å². The third-order valence-corrected chi connectivity index (χ3v) is 7.43. The smallest absolute Gasteiger partial charge is 0.315 e. The van der Waals surface area contributed by atoms with Crippen LogP contribution in [0.5, 0.6) is 0 Å². The van der Waals surface area contributed by atoms with Gasteiger partial charge in [0.1, 0.15) is 5.41 Å². The maximum absolute atomic E-state index is 13.2. The van der Waals surface area contributed by atoms with Crippen LogP contribution in [0.15, 0.2) is 59.5 Å². The molecule has 0 heterocycles. The molecule has 0 radical (unpaired) electrons. The topological polar surface area (TPSA) is 86.5 Å². The molecule has 0 amide bonds. The highest BCUT2D eigenvalue weighted by Crippen LogP contribution is 2.64. The van der Waals surface area contributed by atoms with Gasteiger partial charge in [-0.05, 0) is 36.8 Å². The molecular formula is C19H20ClNO4S. The first kappa shape index (κ1) is 18.9. The zero-order chi connectivity index (χ0) is 18.9. The number of hydrogen-bond acceptors (Lipinski definition) is 5. The molecule has 0 aromatic heterocycles. The number of carbonyl (C=O) groups excluding carboxylic acids is 1. The van der Waals surface area contributed by atoms with Crippen molar-refractivity contribution in [2.75, 3.05) is 13.2 Å². The Labute approximate surface area is 158 Å². The van der Waals surface area contributed by atoms with E-state index in [4.69, 9.17) is 22.1 Å². The summed E-state index contributed by atoms with van der Waals surface area (Å²) in [5.74, 6) is -1.15. The summed E-state index contributed by atoms with van der Waals surface area (Å²) in [6.45, 7) is 1.73. The Balaban J connectivity index is 2.11. The summed E-state index contributed by atoms with van der Waals surface area (Å²) in [5.41, 5.74) is 5.34. The van der Waals surface area contributed by atoms with Crippen LogP contribution in [0.1, 0.15) is 18.4 Å². The number of nitrogens with two attached hydrogens (primary N) is 1. The van der Waals surface area contributed by atoms with E-state index in [1.165, 1.54) is 12.1 Å². The van der Waals surface area contributed by atoms with Gasteiger partial charge in [0, 0.05) is 17.5 Å². The molecule has 2 N–H and O–H groups in total. The van der Waals surface area contributed by atoms with Crippen molar-refractivity contribution in [1.29, 1.82) is 0 Å². The standard InChI is InChI=1S/C19H20ClNO4S/c1-2-25-18(22)19(12-21)16(13-8-10-14(20)11-9-13)17(19)26(23,24)15-6-4-3-5-7-15/h3-11,16-17H,2,12,21H2,1H3/t16-,17-,19-/m1/s1. The second-order valence-corrected chi connectivity index (χ2v) is 8.78. The molecule has 138 valence electrons. The van der Waals surface area contributed by atoms with Gasteiger partial charge in [0.05, 0.1) is 16.8 Å². The van der Waals surface area contributed by atoms with Gasteiger partial charge in [-0.3, -0.25) is 4.79 Å². The Morgan fingerprint density at radius 2 is 1.77 bits per heavy atom. The molecule has 2 aromatic rings. The highest BCUT2D eigenvalue weighted by atomic mass is 35.5. The van der Waals surface area contributed by atoms with Crippen LogP contribution in [-0.4, -0.2) is 32.8 Å². The van der Waals surface area contributed by atoms with Gasteiger partial charge in [-0.1, -0.05) is 41.9 Å². The van der Waals surface area contributed by atoms with Gasteiger partial charge in [-0.2, -0.15) is 0 Å². The Hall–Kier alpha value is -1.89. The minimum Gasteiger partial charge on any atom is -0.465 e. The Morgan fingerprint density at radius 1 is 1.15 bits per heavy atom. The molecule has 1 aliphatic rings. The van der Waals surface area contributed by atoms with E-state index >= 15 is 0 Å². The number of carbonyl (C=O) groups is 1. The molecule has 26 heavy (non-hydrogen) atoms. The molecule has 0 unspecified atom stereocenters. The molecule has 1 saturated carbocycles. The predicted molar refractivity (Wildman–Crippen MR) is 99.7 cm³/mol. The molecule has 7 heteroatoms. The molecular weight excluding hydrogens is 374 g/mol. The number of rotatable bonds is 6. The molecule has 3 atom stereocenters. The molecule has 0 spiro atoms. The SMILES string of the molecule is CCOC(=O)[C@]1(CN)[C@H](c2ccc(Cl)cc2)[C@H]1S(=O)(=O)c1ccccc1. The fourth-order valence-corrected chi connectivity index (χ4v) is 6.12. The van der Waals surface area contributed by atoms with Crippen molar-refractivity contribution in [3.63, 3.8) is 0 Å². The van der Waals surface area contributed by atoms with Gasteiger partial charge in [0.25, 0.3) is 0 Å². The molecule has 0 saturated heterocycles. The second kappa shape index (κ2) is 7.02. The number of hydrogen-bond donors (Lipinski definition) is 1. The van der Waals surface area contributed by atoms with E-state index in [1.54, 1.807) is 49.4 Å². The van der Waals surface area contributed by atoms with Crippen molar-refractivity contribution >= 4 is 27.4 Å². The van der Waals surface area contributed by atoms with E-state index in [9.17, 15) is 13.2 Å². The zero-order valence-electron chi connectivity index (χ0n) is 14.3. The van der Waals surface area contributed by atoms with Crippen LogP contribution < -0.4 is 5.73 Å². The highest BCUT2D eigenvalue weighted by Gasteiger charge is 2.75. The number of ether oxygens (including phenoxy) is 1. The number of benzene rings is 2. The molecule has 2 aromatic carbocycles. The van der Waals surface area contributed by atoms with Crippen molar-refractivity contribution in [2.24, 2.45) is 11.1 Å². The lowest BCUT2D eigenvalue weighted by Gasteiger charge is -2.14. The quantitative estimate of drug-likeness (QED) is 0.762. The van der Waals surface area contributed by atoms with Crippen LogP contribution in [0.2, 0.25) is 5.02 Å². The third kappa shape index (κ3) is 2.92. The van der Waals surface area contributed by atoms with Gasteiger partial charge < -0.3 is 10.5 Å². The van der Waals surface area contributed by atoms with Crippen molar-refractivity contribution < 1.29 is 17.9 Å². The first-order valence-corrected chi connectivity index (χ1v) is 10.2. The van der Waals surface area contributed by atoms with Gasteiger partial charge in [-0.25, -0.2) is 8.42 Å². The minimum absolute atomic E-state index is 0.115. The zero-order valence-corrected chi connectivity index (χ0v) is 15.8. The lowest BCUT2D eigenvalue weighted by atomic mass is 9.99. The maximum Gasteiger partial charge on any atom is 0.315 e. The molecule has 0 aliphatic heterocycles. The molecule has 1 aliphatic carbocycles. The average molecular weight is 394 g/mol. The molecule has 5 nitrogen and oxygen atoms in total. The van der Waals surface area contributed by atoms with Gasteiger partial charge in [0.15, 0.2) is 9.84 Å². The first-order chi connectivity index (χ1) is 12.4. The maximum atomic E-state index is 13.2. The summed E-state index contributed by atoms with van der Waals surface area (Å²) in [7, 11) is -3.77. The second-order valence-electron chi connectivity index (χ2n) is 6.27. The van der Waals surface area contributed by atoms with Crippen molar-refractivity contribution in [2.45, 2.75) is 23.0 Å². The van der Waals surface area contributed by atoms with Crippen molar-refractivity contribution in [1.82, 2.24) is 0 Å². The van der Waals surface area contributed by atoms with Gasteiger partial charge >= 0.3 is 5.97 Å². The summed E-state index contributed by atoms with van der Waals surface area (Å²) >= 11 is 5.94. The van der Waals surface area contributed by atoms with E-state index in [0.29, 0.717) is 10.6 Å². The Kier molecular flexibility index (Phi) is 5.10. The van der Waals surface area contributed by atoms with Gasteiger partial charge in [-0.15, -0.1) is 0 Å². The minimum atomic E-state index is -3.77. The normalized spacial score (nSPS) is 24.9. The van der Waals surface area contributed by atoms with Crippen LogP contribution in [0.4, 0.5) is 0 Å². The van der Waals surface area contributed by atoms with E-state index in [0.717, 1.165) is 0 Å². The fourth-order valence-electron chi connectivity index (χ4n) is 3.59. The third-order valence-electron chi connectivity index (χ3n) is 4.88. The van der Waals surface area contributed by atoms with E-state index < -0.39 is 32.4 Å². The van der Waals surface area contributed by atoms with Crippen molar-refractivity contribution in [3.05, 3.63) is 65.2 Å². The molecule has 0 bridgehead atoms. The Bertz CT molecular complexity index is 899. The van der Waals surface area contributed by atoms with E-state index in [-0.39, 0.29) is 18.0 Å². The van der Waals surface area contributed by atoms with Crippen LogP contribution in [0, 0.1) is 5.41 Å². The highest BCUT2D eigenvalue weighted by molar-refractivity contribution is 7.92. The Morgan fingerprint density at radius 3 is 2.31 bits per heavy atom. The summed E-state index contributed by atoms with van der Waals surface area (Å²) < 4.78 is 31.7. The summed E-state index contributed by atoms with van der Waals surface area (Å²) in [6.07, 6.45) is 0. The average Bonchev–Trinajstić information content (AvgIpc) is 3.35. The molecule has 1 fully saturated rings. The predicted octanol–water partition coefficient (Wildman–Crippen LogP) is 2.79. The summed E-state index contributed by atoms with van der Waals surface area (Å²) in [6, 6.07) is 14.9.